The second-order valence-electron chi connectivity index (χ2n) is 4.27. The second kappa shape index (κ2) is 6.54. The fourth-order valence-electron chi connectivity index (χ4n) is 1.82. The summed E-state index contributed by atoms with van der Waals surface area (Å²) >= 11 is 5.80. The van der Waals surface area contributed by atoms with E-state index in [4.69, 9.17) is 11.6 Å². The van der Waals surface area contributed by atoms with Crippen LogP contribution in [0.3, 0.4) is 0 Å². The zero-order valence-corrected chi connectivity index (χ0v) is 11.9. The number of carbonyl (C=O) groups excluding carboxylic acids is 1. The average molecular weight is 312 g/mol. The summed E-state index contributed by atoms with van der Waals surface area (Å²) < 4.78 is 31.5. The number of nitrogens with one attached hydrogen (secondary N) is 1. The minimum Gasteiger partial charge on any atom is -0.465 e. The molecule has 0 aromatic heterocycles. The molecule has 0 saturated carbocycles. The van der Waals surface area contributed by atoms with E-state index < -0.39 is 17.6 Å². The minimum atomic E-state index is -0.607. The van der Waals surface area contributed by atoms with Crippen LogP contribution < -0.4 is 5.32 Å². The number of anilines is 1. The highest BCUT2D eigenvalue weighted by atomic mass is 35.5. The fraction of sp³-hybridized carbons (Fsp3) is 0.133. The molecule has 0 saturated heterocycles. The van der Waals surface area contributed by atoms with E-state index in [2.05, 4.69) is 10.1 Å². The zero-order chi connectivity index (χ0) is 15.4. The van der Waals surface area contributed by atoms with Crippen LogP contribution in [0.2, 0.25) is 5.02 Å². The van der Waals surface area contributed by atoms with Crippen LogP contribution in [0.25, 0.3) is 0 Å². The topological polar surface area (TPSA) is 38.3 Å². The largest absolute Gasteiger partial charge is 0.465 e. The fourth-order valence-corrected chi connectivity index (χ4v) is 2.01. The maximum atomic E-state index is 13.6. The monoisotopic (exact) mass is 311 g/mol. The molecule has 2 aromatic rings. The van der Waals surface area contributed by atoms with Crippen molar-refractivity contribution >= 4 is 23.3 Å². The van der Waals surface area contributed by atoms with Gasteiger partial charge in [-0.2, -0.15) is 0 Å². The van der Waals surface area contributed by atoms with Gasteiger partial charge in [-0.25, -0.2) is 13.6 Å². The molecule has 0 heterocycles. The number of benzene rings is 2. The molecule has 2 rings (SSSR count). The third-order valence-corrected chi connectivity index (χ3v) is 3.10. The van der Waals surface area contributed by atoms with Gasteiger partial charge in [0.05, 0.1) is 18.4 Å². The van der Waals surface area contributed by atoms with Crippen molar-refractivity contribution in [3.63, 3.8) is 0 Å². The number of rotatable bonds is 4. The Morgan fingerprint density at radius 3 is 2.71 bits per heavy atom. The van der Waals surface area contributed by atoms with Crippen LogP contribution in [0, 0.1) is 11.6 Å². The third-order valence-electron chi connectivity index (χ3n) is 2.86. The Balaban J connectivity index is 2.25. The van der Waals surface area contributed by atoms with Crippen molar-refractivity contribution in [1.29, 1.82) is 0 Å². The number of methoxy groups -OCH3 is 1. The Bertz CT molecular complexity index is 677. The summed E-state index contributed by atoms with van der Waals surface area (Å²) in [5.74, 6) is -1.57. The van der Waals surface area contributed by atoms with E-state index in [1.807, 2.05) is 0 Å². The van der Waals surface area contributed by atoms with Crippen LogP contribution in [-0.2, 0) is 11.3 Å². The Hall–Kier alpha value is -2.14. The molecule has 0 unspecified atom stereocenters. The molecule has 6 heteroatoms. The lowest BCUT2D eigenvalue weighted by Crippen LogP contribution is -2.09. The average Bonchev–Trinajstić information content (AvgIpc) is 2.47. The van der Waals surface area contributed by atoms with Crippen LogP contribution in [0.1, 0.15) is 15.9 Å². The van der Waals surface area contributed by atoms with Gasteiger partial charge in [0.1, 0.15) is 11.6 Å². The lowest BCUT2D eigenvalue weighted by atomic mass is 10.1. The highest BCUT2D eigenvalue weighted by molar-refractivity contribution is 6.30. The summed E-state index contributed by atoms with van der Waals surface area (Å²) in [7, 11) is 1.23. The van der Waals surface area contributed by atoms with Crippen LogP contribution >= 0.6 is 11.6 Å². The van der Waals surface area contributed by atoms with Crippen LogP contribution in [-0.4, -0.2) is 13.1 Å². The van der Waals surface area contributed by atoms with E-state index in [1.165, 1.54) is 31.4 Å². The van der Waals surface area contributed by atoms with Gasteiger partial charge in [0, 0.05) is 17.1 Å². The maximum absolute atomic E-state index is 13.6. The van der Waals surface area contributed by atoms with E-state index in [0.717, 1.165) is 12.1 Å². The Morgan fingerprint density at radius 1 is 1.24 bits per heavy atom. The van der Waals surface area contributed by atoms with Crippen molar-refractivity contribution in [3.8, 4) is 0 Å². The number of carbonyl (C=O) groups is 1. The molecular weight excluding hydrogens is 300 g/mol. The number of esters is 1. The van der Waals surface area contributed by atoms with Gasteiger partial charge >= 0.3 is 5.97 Å². The molecule has 0 radical (unpaired) electrons. The van der Waals surface area contributed by atoms with Crippen LogP contribution in [0.15, 0.2) is 36.4 Å². The van der Waals surface area contributed by atoms with Crippen LogP contribution in [0.5, 0.6) is 0 Å². The van der Waals surface area contributed by atoms with Crippen LogP contribution in [0.4, 0.5) is 14.5 Å². The van der Waals surface area contributed by atoms with Crippen molar-refractivity contribution in [2.45, 2.75) is 6.54 Å². The van der Waals surface area contributed by atoms with E-state index in [1.54, 1.807) is 0 Å². The van der Waals surface area contributed by atoms with Gasteiger partial charge in [0.2, 0.25) is 0 Å². The first-order chi connectivity index (χ1) is 10.0. The lowest BCUT2D eigenvalue weighted by molar-refractivity contribution is 0.0602. The summed E-state index contributed by atoms with van der Waals surface area (Å²) in [6, 6.07) is 7.74. The van der Waals surface area contributed by atoms with Crippen molar-refractivity contribution in [2.24, 2.45) is 0 Å². The van der Waals surface area contributed by atoms with E-state index in [9.17, 15) is 13.6 Å². The molecule has 0 bridgehead atoms. The van der Waals surface area contributed by atoms with Crippen molar-refractivity contribution in [1.82, 2.24) is 0 Å². The highest BCUT2D eigenvalue weighted by Gasteiger charge is 2.13. The molecule has 0 atom stereocenters. The molecule has 110 valence electrons. The SMILES string of the molecule is COC(=O)c1ccc(F)cc1NCc1cc(Cl)ccc1F. The zero-order valence-electron chi connectivity index (χ0n) is 11.1. The van der Waals surface area contributed by atoms with Gasteiger partial charge in [-0.3, -0.25) is 0 Å². The standard InChI is InChI=1S/C15H12ClF2NO2/c1-21-15(20)12-4-3-11(17)7-14(12)19-8-9-6-10(16)2-5-13(9)18/h2-7,19H,8H2,1H3. The van der Waals surface area contributed by atoms with Gasteiger partial charge in [-0.05, 0) is 36.4 Å². The van der Waals surface area contributed by atoms with E-state index in [-0.39, 0.29) is 17.8 Å². The lowest BCUT2D eigenvalue weighted by Gasteiger charge is -2.11. The number of hydrogen-bond donors (Lipinski definition) is 1. The van der Waals surface area contributed by atoms with E-state index >= 15 is 0 Å². The summed E-state index contributed by atoms with van der Waals surface area (Å²) in [4.78, 5) is 11.6. The normalized spacial score (nSPS) is 10.3. The van der Waals surface area contributed by atoms with Crippen molar-refractivity contribution in [3.05, 3.63) is 64.2 Å². The Labute approximate surface area is 125 Å². The first-order valence-electron chi connectivity index (χ1n) is 6.07. The third kappa shape index (κ3) is 3.70. The Kier molecular flexibility index (Phi) is 4.75. The molecule has 0 fully saturated rings. The van der Waals surface area contributed by atoms with Gasteiger partial charge in [-0.1, -0.05) is 11.6 Å². The summed E-state index contributed by atoms with van der Waals surface area (Å²) in [6.45, 7) is 0.0554. The van der Waals surface area contributed by atoms with Gasteiger partial charge in [0.25, 0.3) is 0 Å². The second-order valence-corrected chi connectivity index (χ2v) is 4.71. The highest BCUT2D eigenvalue weighted by Crippen LogP contribution is 2.21. The molecule has 0 aliphatic rings. The maximum Gasteiger partial charge on any atom is 0.339 e. The molecule has 21 heavy (non-hydrogen) atoms. The first-order valence-corrected chi connectivity index (χ1v) is 6.44. The number of halogens is 3. The summed E-state index contributed by atoms with van der Waals surface area (Å²) in [5.41, 5.74) is 0.699. The Morgan fingerprint density at radius 2 is 2.00 bits per heavy atom. The van der Waals surface area contributed by atoms with Crippen molar-refractivity contribution < 1.29 is 18.3 Å². The number of hydrogen-bond acceptors (Lipinski definition) is 3. The van der Waals surface area contributed by atoms with E-state index in [0.29, 0.717) is 10.6 Å². The molecule has 0 aliphatic heterocycles. The summed E-state index contributed by atoms with van der Waals surface area (Å²) in [6.07, 6.45) is 0. The van der Waals surface area contributed by atoms with Gasteiger partial charge in [-0.15, -0.1) is 0 Å². The predicted octanol–water partition coefficient (Wildman–Crippen LogP) is 4.02. The molecular formula is C15H12ClF2NO2. The van der Waals surface area contributed by atoms with Crippen molar-refractivity contribution in [2.75, 3.05) is 12.4 Å². The molecule has 0 spiro atoms. The first kappa shape index (κ1) is 15.3. The number of ether oxygens (including phenoxy) is 1. The minimum absolute atomic E-state index is 0.0554. The smallest absolute Gasteiger partial charge is 0.339 e. The van der Waals surface area contributed by atoms with Gasteiger partial charge < -0.3 is 10.1 Å². The summed E-state index contributed by atoms with van der Waals surface area (Å²) in [5, 5.41) is 3.20. The quantitative estimate of drug-likeness (QED) is 0.867. The molecule has 3 nitrogen and oxygen atoms in total. The molecule has 0 amide bonds. The molecule has 0 aliphatic carbocycles. The molecule has 1 N–H and O–H groups in total. The van der Waals surface area contributed by atoms with Gasteiger partial charge in [0.15, 0.2) is 0 Å². The predicted molar refractivity (Wildman–Crippen MR) is 76.5 cm³/mol. The molecule has 2 aromatic carbocycles.